The number of phenolic OH excluding ortho intramolecular Hbond substituents is 1. The number of nitrogens with one attached hydrogen (secondary N) is 2. The van der Waals surface area contributed by atoms with Crippen LogP contribution < -0.4 is 10.9 Å². The zero-order chi connectivity index (χ0) is 13.7. The van der Waals surface area contributed by atoms with E-state index >= 15 is 0 Å². The molecule has 0 aliphatic heterocycles. The van der Waals surface area contributed by atoms with E-state index < -0.39 is 0 Å². The van der Waals surface area contributed by atoms with Crippen LogP contribution in [0.15, 0.2) is 47.3 Å². The molecular weight excluding hydrogens is 244 g/mol. The molecule has 0 fully saturated rings. The molecule has 5 nitrogen and oxygen atoms in total. The van der Waals surface area contributed by atoms with Crippen molar-refractivity contribution in [2.24, 2.45) is 0 Å². The molecule has 5 heteroatoms. The summed E-state index contributed by atoms with van der Waals surface area (Å²) >= 11 is 0. The predicted molar refractivity (Wildman–Crippen MR) is 71.2 cm³/mol. The first-order chi connectivity index (χ1) is 9.15. The Labute approximate surface area is 109 Å². The van der Waals surface area contributed by atoms with Crippen molar-refractivity contribution in [3.05, 3.63) is 64.1 Å². The molecule has 19 heavy (non-hydrogen) atoms. The van der Waals surface area contributed by atoms with Crippen LogP contribution in [0.3, 0.4) is 0 Å². The van der Waals surface area contributed by atoms with E-state index in [9.17, 15) is 9.59 Å². The van der Waals surface area contributed by atoms with Crippen LogP contribution in [0.25, 0.3) is 0 Å². The smallest absolute Gasteiger partial charge is 0.267 e. The number of benzene rings is 1. The summed E-state index contributed by atoms with van der Waals surface area (Å²) in [7, 11) is 0. The van der Waals surface area contributed by atoms with E-state index in [-0.39, 0.29) is 22.9 Å². The minimum absolute atomic E-state index is 0.217. The van der Waals surface area contributed by atoms with Gasteiger partial charge in [-0.3, -0.25) is 9.59 Å². The average molecular weight is 258 g/mol. The lowest BCUT2D eigenvalue weighted by molar-refractivity contribution is 0.0949. The fourth-order valence-electron chi connectivity index (χ4n) is 1.66. The topological polar surface area (TPSA) is 82.2 Å². The molecule has 2 rings (SSSR count). The van der Waals surface area contributed by atoms with Crippen LogP contribution in [0.5, 0.6) is 5.75 Å². The van der Waals surface area contributed by atoms with Gasteiger partial charge in [0, 0.05) is 12.6 Å². The van der Waals surface area contributed by atoms with E-state index in [4.69, 9.17) is 5.11 Å². The van der Waals surface area contributed by atoms with Crippen LogP contribution in [0, 0.1) is 0 Å². The van der Waals surface area contributed by atoms with Crippen molar-refractivity contribution in [3.8, 4) is 5.75 Å². The Morgan fingerprint density at radius 2 is 1.89 bits per heavy atom. The molecule has 2 aromatic rings. The number of rotatable bonds is 4. The second-order valence-electron chi connectivity index (χ2n) is 4.10. The molecule has 0 atom stereocenters. The molecule has 1 heterocycles. The average Bonchev–Trinajstić information content (AvgIpc) is 2.41. The lowest BCUT2D eigenvalue weighted by atomic mass is 10.1. The van der Waals surface area contributed by atoms with Gasteiger partial charge in [-0.2, -0.15) is 0 Å². The van der Waals surface area contributed by atoms with Gasteiger partial charge in [-0.1, -0.05) is 18.2 Å². The van der Waals surface area contributed by atoms with Crippen molar-refractivity contribution in [1.29, 1.82) is 0 Å². The number of phenols is 1. The van der Waals surface area contributed by atoms with Crippen molar-refractivity contribution >= 4 is 5.91 Å². The highest BCUT2D eigenvalue weighted by atomic mass is 16.3. The quantitative estimate of drug-likeness (QED) is 0.766. The van der Waals surface area contributed by atoms with E-state index in [1.807, 2.05) is 0 Å². The van der Waals surface area contributed by atoms with Gasteiger partial charge in [0.1, 0.15) is 11.4 Å². The van der Waals surface area contributed by atoms with E-state index in [0.717, 1.165) is 5.56 Å². The molecule has 1 amide bonds. The summed E-state index contributed by atoms with van der Waals surface area (Å²) in [6.45, 7) is 0.459. The minimum Gasteiger partial charge on any atom is -0.508 e. The van der Waals surface area contributed by atoms with Crippen molar-refractivity contribution in [3.63, 3.8) is 0 Å². The number of aromatic nitrogens is 1. The molecule has 0 bridgehead atoms. The Kier molecular flexibility index (Phi) is 3.97. The van der Waals surface area contributed by atoms with Gasteiger partial charge in [0.05, 0.1) is 0 Å². The summed E-state index contributed by atoms with van der Waals surface area (Å²) in [5, 5.41) is 11.9. The number of carbonyl (C=O) groups is 1. The van der Waals surface area contributed by atoms with E-state index in [1.165, 1.54) is 12.1 Å². The maximum atomic E-state index is 11.7. The van der Waals surface area contributed by atoms with Gasteiger partial charge in [0.25, 0.3) is 5.91 Å². The first kappa shape index (κ1) is 12.9. The Bertz CT molecular complexity index is 617. The summed E-state index contributed by atoms with van der Waals surface area (Å²) in [6.07, 6.45) is 0.656. The van der Waals surface area contributed by atoms with Crippen LogP contribution in [0.4, 0.5) is 0 Å². The van der Waals surface area contributed by atoms with E-state index in [1.54, 1.807) is 30.3 Å². The lowest BCUT2D eigenvalue weighted by Gasteiger charge is -2.05. The molecule has 98 valence electrons. The van der Waals surface area contributed by atoms with Crippen molar-refractivity contribution in [2.45, 2.75) is 6.42 Å². The van der Waals surface area contributed by atoms with Crippen molar-refractivity contribution < 1.29 is 9.90 Å². The van der Waals surface area contributed by atoms with Crippen LogP contribution >= 0.6 is 0 Å². The fourth-order valence-corrected chi connectivity index (χ4v) is 1.66. The van der Waals surface area contributed by atoms with Crippen LogP contribution in [-0.2, 0) is 6.42 Å². The third kappa shape index (κ3) is 3.70. The van der Waals surface area contributed by atoms with Crippen molar-refractivity contribution in [2.75, 3.05) is 6.54 Å². The molecule has 0 aliphatic carbocycles. The van der Waals surface area contributed by atoms with Gasteiger partial charge >= 0.3 is 0 Å². The molecule has 1 aromatic carbocycles. The third-order valence-corrected chi connectivity index (χ3v) is 2.65. The summed E-state index contributed by atoms with van der Waals surface area (Å²) < 4.78 is 0. The van der Waals surface area contributed by atoms with E-state index in [0.29, 0.717) is 13.0 Å². The number of H-pyrrole nitrogens is 1. The summed E-state index contributed by atoms with van der Waals surface area (Å²) in [4.78, 5) is 25.2. The molecule has 0 radical (unpaired) electrons. The molecule has 3 N–H and O–H groups in total. The number of carbonyl (C=O) groups excluding carboxylic acids is 1. The standard InChI is InChI=1S/C14H14N2O3/c17-11-6-4-10(5-7-11)8-9-15-14(19)12-2-1-3-13(18)16-12/h1-7,17H,8-9H2,(H,15,19)(H,16,18). The zero-order valence-electron chi connectivity index (χ0n) is 10.2. The Hall–Kier alpha value is -2.56. The van der Waals surface area contributed by atoms with Crippen LogP contribution in [0.2, 0.25) is 0 Å². The van der Waals surface area contributed by atoms with Gasteiger partial charge < -0.3 is 15.4 Å². The Balaban J connectivity index is 1.87. The highest BCUT2D eigenvalue weighted by Crippen LogP contribution is 2.09. The Morgan fingerprint density at radius 3 is 2.58 bits per heavy atom. The Morgan fingerprint density at radius 1 is 1.16 bits per heavy atom. The number of hydrogen-bond donors (Lipinski definition) is 3. The largest absolute Gasteiger partial charge is 0.508 e. The second-order valence-corrected chi connectivity index (χ2v) is 4.10. The SMILES string of the molecule is O=C(NCCc1ccc(O)cc1)c1cccc(=O)[nH]1. The summed E-state index contributed by atoms with van der Waals surface area (Å²) in [5.74, 6) is -0.0916. The monoisotopic (exact) mass is 258 g/mol. The van der Waals surface area contributed by atoms with Gasteiger partial charge in [0.2, 0.25) is 5.56 Å². The van der Waals surface area contributed by atoms with Gasteiger partial charge in [-0.05, 0) is 30.2 Å². The van der Waals surface area contributed by atoms with Crippen molar-refractivity contribution in [1.82, 2.24) is 10.3 Å². The maximum absolute atomic E-state index is 11.7. The molecule has 0 aliphatic rings. The first-order valence-electron chi connectivity index (χ1n) is 5.90. The number of amides is 1. The summed E-state index contributed by atoms with van der Waals surface area (Å²) in [6, 6.07) is 11.2. The molecule has 0 unspecified atom stereocenters. The predicted octanol–water partition coefficient (Wildman–Crippen LogP) is 1.05. The number of hydrogen-bond acceptors (Lipinski definition) is 3. The molecule has 0 saturated carbocycles. The van der Waals surface area contributed by atoms with Gasteiger partial charge in [-0.25, -0.2) is 0 Å². The highest BCUT2D eigenvalue weighted by Gasteiger charge is 2.05. The minimum atomic E-state index is -0.309. The van der Waals surface area contributed by atoms with Crippen LogP contribution in [0.1, 0.15) is 16.1 Å². The summed E-state index contributed by atoms with van der Waals surface area (Å²) in [5.41, 5.74) is 0.962. The van der Waals surface area contributed by atoms with Gasteiger partial charge in [-0.15, -0.1) is 0 Å². The molecular formula is C14H14N2O3. The molecule has 0 spiro atoms. The third-order valence-electron chi connectivity index (χ3n) is 2.65. The van der Waals surface area contributed by atoms with Crippen LogP contribution in [-0.4, -0.2) is 22.5 Å². The number of aromatic amines is 1. The highest BCUT2D eigenvalue weighted by molar-refractivity contribution is 5.92. The number of aromatic hydroxyl groups is 1. The van der Waals surface area contributed by atoms with Gasteiger partial charge in [0.15, 0.2) is 0 Å². The normalized spacial score (nSPS) is 10.1. The zero-order valence-corrected chi connectivity index (χ0v) is 10.2. The maximum Gasteiger partial charge on any atom is 0.267 e. The first-order valence-corrected chi connectivity index (χ1v) is 5.90. The number of pyridine rings is 1. The molecule has 1 aromatic heterocycles. The second kappa shape index (κ2) is 5.86. The fraction of sp³-hybridized carbons (Fsp3) is 0.143. The van der Waals surface area contributed by atoms with E-state index in [2.05, 4.69) is 10.3 Å². The lowest BCUT2D eigenvalue weighted by Crippen LogP contribution is -2.28. The molecule has 0 saturated heterocycles.